The van der Waals surface area contributed by atoms with Crippen LogP contribution in [0.5, 0.6) is 0 Å². The highest BCUT2D eigenvalue weighted by Gasteiger charge is 2.36. The monoisotopic (exact) mass is 382 g/mol. The van der Waals surface area contributed by atoms with Gasteiger partial charge in [0.2, 0.25) is 10.0 Å². The van der Waals surface area contributed by atoms with E-state index in [9.17, 15) is 13.2 Å². The molecule has 0 saturated carbocycles. The predicted octanol–water partition coefficient (Wildman–Crippen LogP) is 1.49. The molecule has 1 fully saturated rings. The molecule has 1 aliphatic rings. The van der Waals surface area contributed by atoms with Crippen molar-refractivity contribution in [2.24, 2.45) is 7.05 Å². The molecular formula is C16H19ClN4O3S. The molecule has 25 heavy (non-hydrogen) atoms. The van der Waals surface area contributed by atoms with E-state index >= 15 is 0 Å². The minimum absolute atomic E-state index is 0.196. The number of carbonyl (C=O) groups excluding carboxylic acids is 1. The molecule has 1 aromatic heterocycles. The van der Waals surface area contributed by atoms with E-state index in [0.29, 0.717) is 10.7 Å². The predicted molar refractivity (Wildman–Crippen MR) is 94.1 cm³/mol. The number of carbonyl (C=O) groups is 1. The number of hydrogen-bond donors (Lipinski definition) is 1. The third kappa shape index (κ3) is 3.42. The normalized spacial score (nSPS) is 15.3. The van der Waals surface area contributed by atoms with Crippen molar-refractivity contribution in [1.82, 2.24) is 19.4 Å². The number of rotatable bonds is 4. The fourth-order valence-corrected chi connectivity index (χ4v) is 4.05. The average molecular weight is 383 g/mol. The van der Waals surface area contributed by atoms with Gasteiger partial charge in [-0.05, 0) is 26.0 Å². The Morgan fingerprint density at radius 3 is 2.36 bits per heavy atom. The van der Waals surface area contributed by atoms with Crippen molar-refractivity contribution >= 4 is 27.5 Å². The van der Waals surface area contributed by atoms with Crippen LogP contribution in [0, 0.1) is 13.8 Å². The van der Waals surface area contributed by atoms with Gasteiger partial charge in [-0.25, -0.2) is 13.1 Å². The molecule has 1 amide bonds. The summed E-state index contributed by atoms with van der Waals surface area (Å²) in [5.41, 5.74) is 1.89. The van der Waals surface area contributed by atoms with Gasteiger partial charge in [0.1, 0.15) is 0 Å². The maximum atomic E-state index is 12.4. The molecule has 0 bridgehead atoms. The Balaban J connectivity index is 1.63. The summed E-state index contributed by atoms with van der Waals surface area (Å²) in [7, 11) is -1.88. The van der Waals surface area contributed by atoms with Crippen molar-refractivity contribution in [2.75, 3.05) is 13.1 Å². The Kier molecular flexibility index (Phi) is 4.61. The van der Waals surface area contributed by atoms with E-state index in [1.807, 2.05) is 6.92 Å². The van der Waals surface area contributed by atoms with Crippen LogP contribution in [0.25, 0.3) is 0 Å². The molecule has 0 radical (unpaired) electrons. The molecule has 9 heteroatoms. The van der Waals surface area contributed by atoms with Crippen LogP contribution in [0.15, 0.2) is 29.2 Å². The van der Waals surface area contributed by atoms with Crippen LogP contribution < -0.4 is 4.72 Å². The fraction of sp³-hybridized carbons (Fsp3) is 0.375. The maximum absolute atomic E-state index is 12.4. The van der Waals surface area contributed by atoms with E-state index in [4.69, 9.17) is 11.6 Å². The zero-order valence-corrected chi connectivity index (χ0v) is 15.7. The van der Waals surface area contributed by atoms with E-state index in [-0.39, 0.29) is 35.6 Å². The number of benzene rings is 1. The first-order chi connectivity index (χ1) is 11.7. The average Bonchev–Trinajstić information content (AvgIpc) is 2.78. The zero-order valence-electron chi connectivity index (χ0n) is 14.2. The Hall–Kier alpha value is -1.90. The number of hydrogen-bond acceptors (Lipinski definition) is 4. The smallest absolute Gasteiger partial charge is 0.276 e. The van der Waals surface area contributed by atoms with Crippen LogP contribution in [-0.2, 0) is 17.1 Å². The summed E-state index contributed by atoms with van der Waals surface area (Å²) in [4.78, 5) is 14.2. The van der Waals surface area contributed by atoms with E-state index in [1.54, 1.807) is 42.9 Å². The first-order valence-corrected chi connectivity index (χ1v) is 9.62. The van der Waals surface area contributed by atoms with Crippen LogP contribution in [0.2, 0.25) is 5.02 Å². The number of amides is 1. The third-order valence-corrected chi connectivity index (χ3v) is 6.27. The molecule has 134 valence electrons. The Labute approximate surface area is 151 Å². The second-order valence-corrected chi connectivity index (χ2v) is 8.30. The molecule has 1 aromatic carbocycles. The van der Waals surface area contributed by atoms with Crippen LogP contribution >= 0.6 is 11.6 Å². The van der Waals surface area contributed by atoms with E-state index in [0.717, 1.165) is 5.56 Å². The summed E-state index contributed by atoms with van der Waals surface area (Å²) in [6.07, 6.45) is 0. The molecule has 0 aliphatic carbocycles. The van der Waals surface area contributed by atoms with E-state index in [1.165, 1.54) is 4.90 Å². The van der Waals surface area contributed by atoms with Crippen molar-refractivity contribution < 1.29 is 13.2 Å². The van der Waals surface area contributed by atoms with Crippen molar-refractivity contribution in [3.63, 3.8) is 0 Å². The van der Waals surface area contributed by atoms with Gasteiger partial charge in [0.15, 0.2) is 5.69 Å². The number of nitrogens with one attached hydrogen (secondary N) is 1. The summed E-state index contributed by atoms with van der Waals surface area (Å²) >= 11 is 6.13. The lowest BCUT2D eigenvalue weighted by molar-refractivity contribution is 0.0585. The Morgan fingerprint density at radius 2 is 1.84 bits per heavy atom. The summed E-state index contributed by atoms with van der Waals surface area (Å²) in [6.45, 7) is 4.25. The quantitative estimate of drug-likeness (QED) is 0.868. The summed E-state index contributed by atoms with van der Waals surface area (Å²) in [5, 5.41) is 4.45. The molecule has 0 atom stereocenters. The van der Waals surface area contributed by atoms with Gasteiger partial charge in [-0.2, -0.15) is 5.10 Å². The molecular weight excluding hydrogens is 364 g/mol. The molecule has 1 N–H and O–H groups in total. The van der Waals surface area contributed by atoms with Gasteiger partial charge in [0.25, 0.3) is 5.91 Å². The molecule has 3 rings (SSSR count). The molecule has 1 saturated heterocycles. The summed E-state index contributed by atoms with van der Waals surface area (Å²) in [6, 6.07) is 6.30. The fourth-order valence-electron chi connectivity index (χ4n) is 2.59. The van der Waals surface area contributed by atoms with Gasteiger partial charge >= 0.3 is 0 Å². The number of likely N-dealkylation sites (tertiary alicyclic amines) is 1. The molecule has 0 unspecified atom stereocenters. The van der Waals surface area contributed by atoms with Gasteiger partial charge < -0.3 is 4.90 Å². The standard InChI is InChI=1S/C16H19ClN4O3S/c1-10-4-6-13(7-5-10)25(23,24)19-12-8-21(9-12)16(22)15-14(17)11(2)20(3)18-15/h4-7,12,19H,8-9H2,1-3H3. The van der Waals surface area contributed by atoms with E-state index < -0.39 is 10.0 Å². The number of halogens is 1. The molecule has 2 heterocycles. The lowest BCUT2D eigenvalue weighted by atomic mass is 10.1. The van der Waals surface area contributed by atoms with Crippen molar-refractivity contribution in [1.29, 1.82) is 0 Å². The van der Waals surface area contributed by atoms with Crippen LogP contribution in [0.3, 0.4) is 0 Å². The Morgan fingerprint density at radius 1 is 1.24 bits per heavy atom. The van der Waals surface area contributed by atoms with Crippen molar-refractivity contribution in [3.8, 4) is 0 Å². The third-order valence-electron chi connectivity index (χ3n) is 4.29. The second-order valence-electron chi connectivity index (χ2n) is 6.21. The van der Waals surface area contributed by atoms with Gasteiger partial charge in [-0.15, -0.1) is 0 Å². The number of sulfonamides is 1. The highest BCUT2D eigenvalue weighted by Crippen LogP contribution is 2.23. The van der Waals surface area contributed by atoms with Crippen LogP contribution in [0.4, 0.5) is 0 Å². The van der Waals surface area contributed by atoms with Gasteiger partial charge in [-0.3, -0.25) is 9.48 Å². The Bertz CT molecular complexity index is 916. The first kappa shape index (κ1) is 17.9. The molecule has 1 aliphatic heterocycles. The lowest BCUT2D eigenvalue weighted by Gasteiger charge is -2.38. The summed E-state index contributed by atoms with van der Waals surface area (Å²) < 4.78 is 28.9. The maximum Gasteiger partial charge on any atom is 0.276 e. The topological polar surface area (TPSA) is 84.3 Å². The SMILES string of the molecule is Cc1ccc(S(=O)(=O)NC2CN(C(=O)c3nn(C)c(C)c3Cl)C2)cc1. The first-order valence-electron chi connectivity index (χ1n) is 7.76. The zero-order chi connectivity index (χ0) is 18.4. The molecule has 2 aromatic rings. The number of nitrogens with zero attached hydrogens (tertiary/aromatic N) is 3. The molecule has 0 spiro atoms. The number of aryl methyl sites for hydroxylation is 2. The van der Waals surface area contributed by atoms with Gasteiger partial charge in [-0.1, -0.05) is 29.3 Å². The van der Waals surface area contributed by atoms with Crippen molar-refractivity contribution in [3.05, 3.63) is 46.2 Å². The van der Waals surface area contributed by atoms with Gasteiger partial charge in [0, 0.05) is 20.1 Å². The lowest BCUT2D eigenvalue weighted by Crippen LogP contribution is -2.60. The van der Waals surface area contributed by atoms with Gasteiger partial charge in [0.05, 0.1) is 21.7 Å². The van der Waals surface area contributed by atoms with Crippen molar-refractivity contribution in [2.45, 2.75) is 24.8 Å². The largest absolute Gasteiger partial charge is 0.334 e. The minimum Gasteiger partial charge on any atom is -0.334 e. The van der Waals surface area contributed by atoms with E-state index in [2.05, 4.69) is 9.82 Å². The highest BCUT2D eigenvalue weighted by atomic mass is 35.5. The second kappa shape index (κ2) is 6.44. The van der Waals surface area contributed by atoms with Crippen LogP contribution in [0.1, 0.15) is 21.7 Å². The highest BCUT2D eigenvalue weighted by molar-refractivity contribution is 7.89. The van der Waals surface area contributed by atoms with Crippen LogP contribution in [-0.4, -0.2) is 48.1 Å². The summed E-state index contributed by atoms with van der Waals surface area (Å²) in [5.74, 6) is -0.292. The minimum atomic E-state index is -3.60. The number of aromatic nitrogens is 2. The molecule has 7 nitrogen and oxygen atoms in total.